The Hall–Kier alpha value is -3.13. The molecule has 0 spiro atoms. The predicted octanol–water partition coefficient (Wildman–Crippen LogP) is 4.51. The molecule has 0 unspecified atom stereocenters. The number of imidazole rings is 1. The topological polar surface area (TPSA) is 85.2 Å². The highest BCUT2D eigenvalue weighted by Gasteiger charge is 2.44. The number of likely N-dealkylation sites (tertiary alicyclic amines) is 2. The lowest BCUT2D eigenvalue weighted by Crippen LogP contribution is -2.62. The summed E-state index contributed by atoms with van der Waals surface area (Å²) in [4.78, 5) is 27.0. The van der Waals surface area contributed by atoms with Crippen molar-refractivity contribution in [1.82, 2.24) is 28.9 Å². The summed E-state index contributed by atoms with van der Waals surface area (Å²) in [6.07, 6.45) is 16.5. The molecule has 8 heteroatoms. The lowest BCUT2D eigenvalue weighted by Gasteiger charge is -2.49. The molecule has 2 N–H and O–H groups in total. The van der Waals surface area contributed by atoms with Gasteiger partial charge >= 0.3 is 0 Å². The minimum Gasteiger partial charge on any atom is -0.382 e. The molecule has 3 aromatic rings. The van der Waals surface area contributed by atoms with E-state index < -0.39 is 0 Å². The van der Waals surface area contributed by atoms with E-state index in [1.54, 1.807) is 0 Å². The van der Waals surface area contributed by atoms with Crippen LogP contribution in [0.25, 0.3) is 11.0 Å². The van der Waals surface area contributed by atoms with Crippen molar-refractivity contribution < 1.29 is 4.79 Å². The molecule has 5 heterocycles. The number of pyridine rings is 1. The number of anilines is 1. The molecule has 0 aromatic carbocycles. The number of nitrogens with zero attached hydrogens (tertiary/aromatic N) is 6. The number of carbonyl (C=O) groups excluding carboxylic acids is 1. The lowest BCUT2D eigenvalue weighted by molar-refractivity contribution is 0.0222. The highest BCUT2D eigenvalue weighted by Crippen LogP contribution is 2.34. The summed E-state index contributed by atoms with van der Waals surface area (Å²) in [5, 5.41) is 0. The third-order valence-corrected chi connectivity index (χ3v) is 9.15. The van der Waals surface area contributed by atoms with Crippen LogP contribution in [0.2, 0.25) is 0 Å². The highest BCUT2D eigenvalue weighted by atomic mass is 16.2. The van der Waals surface area contributed by atoms with Crippen LogP contribution in [-0.4, -0.2) is 67.0 Å². The van der Waals surface area contributed by atoms with E-state index in [4.69, 9.17) is 5.73 Å². The Morgan fingerprint density at radius 1 is 1.16 bits per heavy atom. The van der Waals surface area contributed by atoms with Crippen LogP contribution in [0.3, 0.4) is 0 Å². The Morgan fingerprint density at radius 2 is 1.95 bits per heavy atom. The van der Waals surface area contributed by atoms with Gasteiger partial charge in [0.2, 0.25) is 0 Å². The minimum absolute atomic E-state index is 0.121. The zero-order chi connectivity index (χ0) is 26.4. The van der Waals surface area contributed by atoms with Gasteiger partial charge < -0.3 is 19.8 Å². The summed E-state index contributed by atoms with van der Waals surface area (Å²) in [6.45, 7) is 10.9. The molecule has 2 fully saturated rings. The number of hydrogen-bond donors (Lipinski definition) is 1. The second kappa shape index (κ2) is 9.88. The number of allylic oxidation sites excluding steroid dienone is 1. The van der Waals surface area contributed by atoms with Crippen LogP contribution in [0.5, 0.6) is 0 Å². The maximum absolute atomic E-state index is 13.5. The number of fused-ring (bicyclic) bond motifs is 1. The molecule has 202 valence electrons. The average Bonchev–Trinajstić information content (AvgIpc) is 3.35. The van der Waals surface area contributed by atoms with Gasteiger partial charge in [0.15, 0.2) is 5.82 Å². The zero-order valence-corrected chi connectivity index (χ0v) is 23.1. The number of nitrogens with two attached hydrogens (primary N) is 1. The van der Waals surface area contributed by atoms with Gasteiger partial charge in [-0.3, -0.25) is 9.69 Å². The molecule has 2 aliphatic heterocycles. The van der Waals surface area contributed by atoms with Crippen molar-refractivity contribution >= 4 is 22.8 Å². The number of carbonyl (C=O) groups is 1. The number of piperidine rings is 1. The molecule has 6 rings (SSSR count). The molecule has 3 aromatic heterocycles. The second-order valence-electron chi connectivity index (χ2n) is 12.0. The second-order valence-corrected chi connectivity index (χ2v) is 12.0. The van der Waals surface area contributed by atoms with Crippen molar-refractivity contribution in [2.24, 2.45) is 5.92 Å². The van der Waals surface area contributed by atoms with Gasteiger partial charge in [-0.15, -0.1) is 0 Å². The Bertz CT molecular complexity index is 1350. The summed E-state index contributed by atoms with van der Waals surface area (Å²) in [7, 11) is 0. The fourth-order valence-electron chi connectivity index (χ4n) is 6.83. The lowest BCUT2D eigenvalue weighted by atomic mass is 9.90. The Morgan fingerprint density at radius 3 is 2.74 bits per heavy atom. The maximum atomic E-state index is 13.5. The molecule has 8 nitrogen and oxygen atoms in total. The first-order valence-electron chi connectivity index (χ1n) is 14.3. The molecular weight excluding hydrogens is 474 g/mol. The summed E-state index contributed by atoms with van der Waals surface area (Å²) in [5.41, 5.74) is 10.4. The molecule has 2 saturated heterocycles. The van der Waals surface area contributed by atoms with Gasteiger partial charge in [-0.1, -0.05) is 18.6 Å². The van der Waals surface area contributed by atoms with Crippen LogP contribution in [0, 0.1) is 19.8 Å². The molecule has 0 radical (unpaired) electrons. The Balaban J connectivity index is 1.07. The van der Waals surface area contributed by atoms with Crippen molar-refractivity contribution in [3.63, 3.8) is 0 Å². The van der Waals surface area contributed by atoms with E-state index in [-0.39, 0.29) is 11.4 Å². The van der Waals surface area contributed by atoms with Crippen LogP contribution >= 0.6 is 0 Å². The number of hydrogen-bond acceptors (Lipinski definition) is 5. The van der Waals surface area contributed by atoms with Crippen molar-refractivity contribution in [2.45, 2.75) is 77.4 Å². The standard InChI is InChI=1S/C30H41N7O/c1-21-16-26-27(28(31)33-21)32-20-37(26)30(3)18-36(19-30)29(38)25-12-15-35(22(25)2)17-23-10-13-34(14-11-23)24-8-6-4-5-7-9-24/h6,8,12,15-16,20,23-24H,4-5,7,9-11,13-14,17-19H2,1-3H3,(H2,31,33)/t24-/m1/s1. The van der Waals surface area contributed by atoms with Gasteiger partial charge in [0.05, 0.1) is 22.9 Å². The Kier molecular flexibility index (Phi) is 6.54. The summed E-state index contributed by atoms with van der Waals surface area (Å²) >= 11 is 0. The van der Waals surface area contributed by atoms with E-state index in [9.17, 15) is 4.79 Å². The molecule has 1 aliphatic carbocycles. The van der Waals surface area contributed by atoms with Crippen molar-refractivity contribution in [3.8, 4) is 0 Å². The van der Waals surface area contributed by atoms with Crippen molar-refractivity contribution in [2.75, 3.05) is 31.9 Å². The van der Waals surface area contributed by atoms with E-state index in [0.717, 1.165) is 34.5 Å². The number of rotatable bonds is 5. The van der Waals surface area contributed by atoms with E-state index in [2.05, 4.69) is 56.2 Å². The van der Waals surface area contributed by atoms with Crippen LogP contribution in [0.15, 0.2) is 36.8 Å². The molecule has 3 aliphatic rings. The predicted molar refractivity (Wildman–Crippen MR) is 151 cm³/mol. The fourth-order valence-corrected chi connectivity index (χ4v) is 6.83. The minimum atomic E-state index is -0.207. The van der Waals surface area contributed by atoms with Crippen LogP contribution < -0.4 is 5.73 Å². The maximum Gasteiger partial charge on any atom is 0.255 e. The Labute approximate surface area is 225 Å². The number of amides is 1. The molecule has 0 saturated carbocycles. The fraction of sp³-hybridized carbons (Fsp3) is 0.567. The van der Waals surface area contributed by atoms with E-state index in [1.165, 1.54) is 51.6 Å². The van der Waals surface area contributed by atoms with Crippen molar-refractivity contribution in [3.05, 3.63) is 53.8 Å². The monoisotopic (exact) mass is 515 g/mol. The number of aryl methyl sites for hydroxylation is 1. The van der Waals surface area contributed by atoms with Crippen LogP contribution in [0.4, 0.5) is 5.82 Å². The van der Waals surface area contributed by atoms with Crippen molar-refractivity contribution in [1.29, 1.82) is 0 Å². The summed E-state index contributed by atoms with van der Waals surface area (Å²) < 4.78 is 4.46. The average molecular weight is 516 g/mol. The smallest absolute Gasteiger partial charge is 0.255 e. The third kappa shape index (κ3) is 4.53. The zero-order valence-electron chi connectivity index (χ0n) is 23.1. The van der Waals surface area contributed by atoms with Crippen LogP contribution in [0.1, 0.15) is 67.2 Å². The van der Waals surface area contributed by atoms with Gasteiger partial charge in [-0.25, -0.2) is 9.97 Å². The SMILES string of the molecule is Cc1cc2c(ncn2C2(C)CN(C(=O)c3ccn(CC4CCN([C@@H]5C=CCCCC5)CC4)c3C)C2)c(N)n1. The first kappa shape index (κ1) is 25.2. The number of nitrogen functional groups attached to an aromatic ring is 1. The van der Waals surface area contributed by atoms with Crippen LogP contribution in [-0.2, 0) is 12.1 Å². The summed E-state index contributed by atoms with van der Waals surface area (Å²) in [6, 6.07) is 4.67. The highest BCUT2D eigenvalue weighted by molar-refractivity contribution is 5.96. The quantitative estimate of drug-likeness (QED) is 0.505. The summed E-state index contributed by atoms with van der Waals surface area (Å²) in [5.74, 6) is 1.25. The first-order valence-corrected chi connectivity index (χ1v) is 14.3. The normalized spacial score (nSPS) is 22.5. The molecular formula is C30H41N7O. The van der Waals surface area contributed by atoms with Gasteiger partial charge in [-0.2, -0.15) is 0 Å². The van der Waals surface area contributed by atoms with E-state index in [1.807, 2.05) is 30.3 Å². The number of aromatic nitrogens is 4. The van der Waals surface area contributed by atoms with Gasteiger partial charge in [0.1, 0.15) is 5.52 Å². The molecule has 0 bridgehead atoms. The van der Waals surface area contributed by atoms with Gasteiger partial charge in [0.25, 0.3) is 5.91 Å². The first-order chi connectivity index (χ1) is 18.3. The third-order valence-electron chi connectivity index (χ3n) is 9.15. The van der Waals surface area contributed by atoms with E-state index >= 15 is 0 Å². The molecule has 1 atom stereocenters. The molecule has 1 amide bonds. The van der Waals surface area contributed by atoms with Gasteiger partial charge in [0, 0.05) is 43.3 Å². The largest absolute Gasteiger partial charge is 0.382 e. The van der Waals surface area contributed by atoms with Gasteiger partial charge in [-0.05, 0) is 84.0 Å². The van der Waals surface area contributed by atoms with E-state index in [0.29, 0.717) is 30.9 Å². The molecule has 38 heavy (non-hydrogen) atoms.